The number of rotatable bonds is 9. The Hall–Kier alpha value is -5.37. The van der Waals surface area contributed by atoms with Gasteiger partial charge in [0.25, 0.3) is 0 Å². The van der Waals surface area contributed by atoms with E-state index in [2.05, 4.69) is 0 Å². The number of benzene rings is 3. The highest BCUT2D eigenvalue weighted by molar-refractivity contribution is 5.91. The molecule has 0 unspecified atom stereocenters. The quantitative estimate of drug-likeness (QED) is 0.165. The molecule has 0 radical (unpaired) electrons. The van der Waals surface area contributed by atoms with Crippen LogP contribution < -0.4 is 0 Å². The van der Waals surface area contributed by atoms with Gasteiger partial charge in [-0.1, -0.05) is 61.5 Å². The van der Waals surface area contributed by atoms with Crippen LogP contribution in [0.4, 0.5) is 0 Å². The van der Waals surface area contributed by atoms with Crippen LogP contribution in [0.2, 0.25) is 0 Å². The summed E-state index contributed by atoms with van der Waals surface area (Å²) in [5.74, 6) is -5.10. The first-order chi connectivity index (χ1) is 27.5. The van der Waals surface area contributed by atoms with E-state index in [-0.39, 0.29) is 41.7 Å². The highest BCUT2D eigenvalue weighted by atomic mass is 16.6. The molecule has 1 saturated heterocycles. The predicted molar refractivity (Wildman–Crippen MR) is 205 cm³/mol. The van der Waals surface area contributed by atoms with Crippen molar-refractivity contribution < 1.29 is 62.6 Å². The van der Waals surface area contributed by atoms with E-state index in [1.807, 2.05) is 0 Å². The first kappa shape index (κ1) is 40.8. The summed E-state index contributed by atoms with van der Waals surface area (Å²) < 4.78 is 37.9. The molecule has 10 atom stereocenters. The average Bonchev–Trinajstić information content (AvgIpc) is 3.45. The lowest BCUT2D eigenvalue weighted by Gasteiger charge is -2.65. The number of hydrogen-bond acceptors (Lipinski definition) is 13. The Kier molecular flexibility index (Phi) is 10.6. The molecule has 2 N–H and O–H groups in total. The summed E-state index contributed by atoms with van der Waals surface area (Å²) in [7, 11) is 0. The fourth-order valence-corrected chi connectivity index (χ4v) is 10.2. The van der Waals surface area contributed by atoms with Crippen LogP contribution in [0.5, 0.6) is 0 Å². The highest BCUT2D eigenvalue weighted by Crippen LogP contribution is 2.69. The van der Waals surface area contributed by atoms with E-state index in [4.69, 9.17) is 28.4 Å². The lowest BCUT2D eigenvalue weighted by Crippen LogP contribution is -2.79. The fourth-order valence-electron chi connectivity index (χ4n) is 10.2. The molecular formula is C45H48O13. The van der Waals surface area contributed by atoms with Gasteiger partial charge in [0.1, 0.15) is 36.6 Å². The minimum absolute atomic E-state index is 0.0894. The summed E-state index contributed by atoms with van der Waals surface area (Å²) in [6.07, 6.45) is -8.57. The van der Waals surface area contributed by atoms with Crippen LogP contribution in [0, 0.1) is 16.7 Å². The Bertz CT molecular complexity index is 2110. The van der Waals surface area contributed by atoms with Gasteiger partial charge in [0.15, 0.2) is 5.60 Å². The molecule has 1 heterocycles. The molecule has 4 aliphatic rings. The van der Waals surface area contributed by atoms with E-state index in [1.54, 1.807) is 92.7 Å². The van der Waals surface area contributed by atoms with Gasteiger partial charge < -0.3 is 38.6 Å². The lowest BCUT2D eigenvalue weighted by atomic mass is 9.49. The molecule has 58 heavy (non-hydrogen) atoms. The second kappa shape index (κ2) is 15.1. The molecule has 306 valence electrons. The van der Waals surface area contributed by atoms with Crippen LogP contribution in [0.15, 0.2) is 102 Å². The molecule has 13 nitrogen and oxygen atoms in total. The molecule has 1 aliphatic heterocycles. The van der Waals surface area contributed by atoms with Crippen molar-refractivity contribution in [2.24, 2.45) is 16.7 Å². The maximum atomic E-state index is 14.5. The topological polar surface area (TPSA) is 181 Å². The molecule has 2 saturated carbocycles. The van der Waals surface area contributed by atoms with Crippen molar-refractivity contribution in [1.29, 1.82) is 0 Å². The smallest absolute Gasteiger partial charge is 0.338 e. The summed E-state index contributed by atoms with van der Waals surface area (Å²) in [5.41, 5.74) is -6.26. The number of carbonyl (C=O) groups excluding carboxylic acids is 5. The van der Waals surface area contributed by atoms with Crippen LogP contribution in [-0.4, -0.2) is 94.5 Å². The zero-order valence-corrected chi connectivity index (χ0v) is 33.2. The normalized spacial score (nSPS) is 32.5. The van der Waals surface area contributed by atoms with Crippen molar-refractivity contribution in [3.63, 3.8) is 0 Å². The second-order valence-corrected chi connectivity index (χ2v) is 16.4. The van der Waals surface area contributed by atoms with Gasteiger partial charge in [-0.3, -0.25) is 9.59 Å². The minimum atomic E-state index is -1.91. The summed E-state index contributed by atoms with van der Waals surface area (Å²) in [6.45, 7) is 8.49. The van der Waals surface area contributed by atoms with Crippen LogP contribution in [0.25, 0.3) is 0 Å². The number of esters is 5. The van der Waals surface area contributed by atoms with Gasteiger partial charge in [0, 0.05) is 26.7 Å². The SMILES string of the molecule is CC(=O)O[C@H]1C[C@]2(C(C)(C)O)C(=C1C)[C@@H](O)[C@H](OC(=O)c1ccccc1)[C@]1(C)[C@@H](OC(=O)c3ccccc3)C[C@H]3OC[C@@]3(OC(C)=O)[C@H]1[C@@H]2OC(=O)c1ccccc1. The molecule has 3 aromatic carbocycles. The number of fused-ring (bicyclic) bond motifs is 4. The van der Waals surface area contributed by atoms with E-state index in [1.165, 1.54) is 39.8 Å². The average molecular weight is 797 g/mol. The highest BCUT2D eigenvalue weighted by Gasteiger charge is 2.80. The molecule has 13 heteroatoms. The van der Waals surface area contributed by atoms with E-state index in [0.29, 0.717) is 5.57 Å². The molecule has 0 aromatic heterocycles. The number of carbonyl (C=O) groups is 5. The van der Waals surface area contributed by atoms with Gasteiger partial charge in [-0.25, -0.2) is 14.4 Å². The van der Waals surface area contributed by atoms with Gasteiger partial charge in [0.05, 0.1) is 45.6 Å². The van der Waals surface area contributed by atoms with Gasteiger partial charge >= 0.3 is 29.8 Å². The van der Waals surface area contributed by atoms with Crippen molar-refractivity contribution in [3.05, 3.63) is 119 Å². The van der Waals surface area contributed by atoms with Crippen molar-refractivity contribution >= 4 is 29.8 Å². The first-order valence-electron chi connectivity index (χ1n) is 19.3. The maximum Gasteiger partial charge on any atom is 0.338 e. The monoisotopic (exact) mass is 796 g/mol. The standard InChI is InChI=1S/C45H48O13/c1-25-31(54-26(2)46)23-44(42(4,5)52)34(25)35(48)37(56-40(50)29-18-12-8-13-19-29)43(6)32(55-39(49)28-16-10-7-11-17-28)22-33-45(24-53-33,58-27(3)47)36(43)38(44)57-41(51)30-20-14-9-15-21-30/h7-21,31-33,35-38,48,52H,22-24H2,1-6H3/t31-,32-,33+,35+,36-,37-,38-,43+,44-,45-/m0/s1. The van der Waals surface area contributed by atoms with Gasteiger partial charge in [-0.05, 0) is 68.3 Å². The van der Waals surface area contributed by atoms with Gasteiger partial charge in [-0.2, -0.15) is 0 Å². The molecule has 0 spiro atoms. The number of hydrogen-bond donors (Lipinski definition) is 2. The van der Waals surface area contributed by atoms with E-state index in [9.17, 15) is 34.2 Å². The van der Waals surface area contributed by atoms with Crippen LogP contribution in [0.1, 0.15) is 85.5 Å². The molecule has 3 fully saturated rings. The largest absolute Gasteiger partial charge is 0.458 e. The Morgan fingerprint density at radius 1 is 0.724 bits per heavy atom. The lowest BCUT2D eigenvalue weighted by molar-refractivity contribution is -0.350. The number of aliphatic hydroxyl groups excluding tert-OH is 1. The zero-order chi connectivity index (χ0) is 41.8. The van der Waals surface area contributed by atoms with E-state index in [0.717, 1.165) is 0 Å². The van der Waals surface area contributed by atoms with E-state index < -0.39 is 94.4 Å². The Morgan fingerprint density at radius 2 is 1.21 bits per heavy atom. The third-order valence-electron chi connectivity index (χ3n) is 12.7. The van der Waals surface area contributed by atoms with Crippen LogP contribution in [0.3, 0.4) is 0 Å². The fraction of sp³-hybridized carbons (Fsp3) is 0.444. The zero-order valence-electron chi connectivity index (χ0n) is 33.2. The van der Waals surface area contributed by atoms with Gasteiger partial charge in [-0.15, -0.1) is 0 Å². The molecule has 3 aromatic rings. The van der Waals surface area contributed by atoms with Gasteiger partial charge in [0.2, 0.25) is 0 Å². The third kappa shape index (κ3) is 6.58. The summed E-state index contributed by atoms with van der Waals surface area (Å²) >= 11 is 0. The predicted octanol–water partition coefficient (Wildman–Crippen LogP) is 5.17. The first-order valence-corrected chi connectivity index (χ1v) is 19.3. The molecule has 0 amide bonds. The van der Waals surface area contributed by atoms with Crippen LogP contribution in [-0.2, 0) is 38.0 Å². The van der Waals surface area contributed by atoms with E-state index >= 15 is 0 Å². The maximum absolute atomic E-state index is 14.5. The molecular weight excluding hydrogens is 748 g/mol. The summed E-state index contributed by atoms with van der Waals surface area (Å²) in [5, 5.41) is 25.8. The Balaban J connectivity index is 1.55. The summed E-state index contributed by atoms with van der Waals surface area (Å²) in [6, 6.07) is 24.5. The van der Waals surface area contributed by atoms with Crippen molar-refractivity contribution in [3.8, 4) is 0 Å². The molecule has 3 aliphatic carbocycles. The number of aliphatic hydroxyl groups is 2. The van der Waals surface area contributed by atoms with Crippen molar-refractivity contribution in [1.82, 2.24) is 0 Å². The third-order valence-corrected chi connectivity index (χ3v) is 12.7. The van der Waals surface area contributed by atoms with Crippen LogP contribution >= 0.6 is 0 Å². The Labute approximate surface area is 336 Å². The van der Waals surface area contributed by atoms with Crippen molar-refractivity contribution in [2.45, 2.75) is 102 Å². The molecule has 7 rings (SSSR count). The Morgan fingerprint density at radius 3 is 1.64 bits per heavy atom. The summed E-state index contributed by atoms with van der Waals surface area (Å²) in [4.78, 5) is 68.8. The second-order valence-electron chi connectivity index (χ2n) is 16.4. The number of ether oxygens (including phenoxy) is 6. The molecule has 0 bridgehead atoms. The minimum Gasteiger partial charge on any atom is -0.458 e. The van der Waals surface area contributed by atoms with Crippen molar-refractivity contribution in [2.75, 3.05) is 6.61 Å².